The van der Waals surface area contributed by atoms with E-state index in [2.05, 4.69) is 103 Å². The van der Waals surface area contributed by atoms with Crippen LogP contribution in [0.1, 0.15) is 202 Å². The van der Waals surface area contributed by atoms with E-state index in [9.17, 15) is 48.6 Å². The maximum Gasteiger partial charge on any atom is 0.303 e. The van der Waals surface area contributed by atoms with E-state index in [1.165, 1.54) is 34.6 Å². The Morgan fingerprint density at radius 2 is 0.966 bits per heavy atom. The summed E-state index contributed by atoms with van der Waals surface area (Å²) < 4.78 is 4.06. The van der Waals surface area contributed by atoms with E-state index in [1.807, 2.05) is 215 Å². The van der Waals surface area contributed by atoms with E-state index < -0.39 is 59.0 Å². The van der Waals surface area contributed by atoms with Crippen molar-refractivity contribution in [1.29, 1.82) is 0 Å². The average molecular weight is 2050 g/mol. The second kappa shape index (κ2) is 47.4. The van der Waals surface area contributed by atoms with Crippen molar-refractivity contribution in [3.05, 3.63) is 262 Å². The number of likely N-dealkylation sites (tertiary alicyclic amines) is 2. The summed E-state index contributed by atoms with van der Waals surface area (Å²) in [4.78, 5) is 147. The van der Waals surface area contributed by atoms with E-state index in [1.54, 1.807) is 35.1 Å². The van der Waals surface area contributed by atoms with Crippen LogP contribution in [0.2, 0.25) is 0 Å². The number of nitrogens with two attached hydrogens (primary N) is 4. The quantitative estimate of drug-likeness (QED) is 0.0162. The molecule has 4 aliphatic rings. The van der Waals surface area contributed by atoms with Gasteiger partial charge in [0.1, 0.15) is 46.6 Å². The summed E-state index contributed by atoms with van der Waals surface area (Å²) in [7, 11) is 0. The highest BCUT2D eigenvalue weighted by Crippen LogP contribution is 2.46. The normalized spacial score (nSPS) is 16.5. The zero-order chi connectivity index (χ0) is 106. The molecule has 18 rings (SSSR count). The lowest BCUT2D eigenvalue weighted by Gasteiger charge is -2.39. The number of hydrogen-bond acceptors (Lipinski definition) is 24. The Morgan fingerprint density at radius 3 is 1.40 bits per heavy atom. The maximum absolute atomic E-state index is 14.1. The summed E-state index contributed by atoms with van der Waals surface area (Å²) in [5.74, 6) is -0.975. The molecule has 31 nitrogen and oxygen atoms in total. The first-order valence-electron chi connectivity index (χ1n) is 51.4. The second-order valence-electron chi connectivity index (χ2n) is 42.0. The van der Waals surface area contributed by atoms with Gasteiger partial charge in [0.05, 0.1) is 66.9 Å². The zero-order valence-corrected chi connectivity index (χ0v) is 87.7. The molecule has 0 bridgehead atoms. The molecule has 0 unspecified atom stereocenters. The van der Waals surface area contributed by atoms with Gasteiger partial charge in [-0.3, -0.25) is 47.5 Å². The number of pyridine rings is 4. The molecular formula is C116H134N20O11S2. The predicted molar refractivity (Wildman–Crippen MR) is 583 cm³/mol. The van der Waals surface area contributed by atoms with Gasteiger partial charge in [-0.15, -0.1) is 22.7 Å². The van der Waals surface area contributed by atoms with E-state index in [4.69, 9.17) is 48.0 Å². The number of carboxylic acids is 1. The van der Waals surface area contributed by atoms with Crippen LogP contribution in [0, 0.1) is 30.6 Å². The number of nitrogens with zero attached hydrogens (tertiary/aromatic N) is 12. The minimum atomic E-state index is -0.928. The summed E-state index contributed by atoms with van der Waals surface area (Å²) in [6.07, 6.45) is 13.3. The van der Waals surface area contributed by atoms with Gasteiger partial charge >= 0.3 is 5.97 Å². The number of nitrogens with one attached hydrogen (secondary N) is 4. The fourth-order valence-electron chi connectivity index (χ4n) is 19.8. The number of carboxylic acid groups (broad SMARTS) is 1. The number of rotatable bonds is 36. The number of carbonyl (C=O) groups excluding carboxylic acids is 7. The van der Waals surface area contributed by atoms with Gasteiger partial charge in [-0.25, -0.2) is 39.9 Å². The number of benzene rings is 6. The summed E-state index contributed by atoms with van der Waals surface area (Å²) >= 11 is 3.16. The number of hydrogen-bond donors (Lipinski definition) is 11. The largest absolute Gasteiger partial charge is 0.481 e. The van der Waals surface area contributed by atoms with Gasteiger partial charge in [0.25, 0.3) is 0 Å². The van der Waals surface area contributed by atoms with Crippen molar-refractivity contribution in [2.24, 2.45) is 28.2 Å². The Bertz CT molecular complexity index is 7140. The van der Waals surface area contributed by atoms with Crippen molar-refractivity contribution in [2.75, 3.05) is 37.6 Å². The van der Waals surface area contributed by atoms with Crippen molar-refractivity contribution in [1.82, 2.24) is 80.1 Å². The summed E-state index contributed by atoms with van der Waals surface area (Å²) in [5, 5.41) is 41.9. The molecule has 6 atom stereocenters. The van der Waals surface area contributed by atoms with Gasteiger partial charge in [0.2, 0.25) is 35.4 Å². The van der Waals surface area contributed by atoms with Crippen LogP contribution in [0.4, 0.5) is 11.6 Å². The first kappa shape index (κ1) is 107. The number of aromatic nitrogens is 10. The minimum absolute atomic E-state index is 0.00815. The fraction of sp³-hybridized carbons (Fsp3) is 0.379. The Labute approximate surface area is 876 Å². The van der Waals surface area contributed by atoms with Gasteiger partial charge < -0.3 is 69.3 Å². The van der Waals surface area contributed by atoms with Crippen molar-refractivity contribution < 1.29 is 53.7 Å². The van der Waals surface area contributed by atoms with Crippen LogP contribution in [0.5, 0.6) is 0 Å². The molecule has 6 aromatic carbocycles. The monoisotopic (exact) mass is 2050 g/mol. The smallest absolute Gasteiger partial charge is 0.303 e. The fourth-order valence-corrected chi connectivity index (χ4v) is 21.5. The number of β-amino-alcohol motifs (C(OH)–C–C–N with tert-alkyl or cyclic N) is 2. The molecule has 2 saturated carbocycles. The number of aliphatic carboxylic acids is 1. The molecule has 4 fully saturated rings. The van der Waals surface area contributed by atoms with Gasteiger partial charge in [0.15, 0.2) is 22.9 Å². The lowest BCUT2D eigenvalue weighted by molar-refractivity contribution is -0.146. The number of aliphatic hydroxyl groups is 2. The lowest BCUT2D eigenvalue weighted by Crippen LogP contribution is -2.57. The molecular weight excluding hydrogens is 1910 g/mol. The van der Waals surface area contributed by atoms with Crippen LogP contribution < -0.4 is 44.2 Å². The third-order valence-corrected chi connectivity index (χ3v) is 30.9. The van der Waals surface area contributed by atoms with Gasteiger partial charge in [-0.05, 0) is 237 Å². The van der Waals surface area contributed by atoms with E-state index in [-0.39, 0.29) is 104 Å². The van der Waals surface area contributed by atoms with Crippen molar-refractivity contribution in [2.45, 2.75) is 239 Å². The minimum Gasteiger partial charge on any atom is -0.481 e. The number of ketones is 1. The standard InChI is InChI=1S/C57H65N11O5S.C31H29N5O2.C28H40N4O4S/c1-35-49(74-34-63-35)38-17-14-37(15-18-38)32-62-54(72)46-31-42(69)33-67(46)55(73)50(56(2,3)4)66-48(71)13-5-6-28-60-47(70)25-16-36-10-7-11-39(30-36)44-23-24-45-53(64-44)68(52(65-45)43-12-8-29-61-51(43)58)41-21-19-40(20-22-41)57(59)26-9-27-57;1-31(16-4-17-31)22-9-11-23(12-10-22)36-29(24-7-3-18-33-28(24)32)35-26-14-13-25(34-30(26)36)21-6-2-5-20(19-21)8-15-27(37)38;1-18-25(37-17-31-18)20-10-8-19(9-11-20)15-30-26(35)24-14-22(34)16-32(24)27(36)23(28(2,3)4)13-21(33)7-5-6-12-29/h7-8,10-12,14-15,17-24,29-30,34,42,46,50,69H,5-6,9,13,16,25-28,31-33,59H2,1-4H3,(H2,58,61)(H,60,70)(H,62,72)(H,66,71);2-3,5-7,9-14,18-19H,4,8,15-17H2,1H3,(H2,32,33)(H,37,38);8-11,17,22-24,34H,5-7,12-16,29H2,1-4H3,(H,30,35)/t42-,46+,50-;;22-,23-,24+/m1.1/s1. The molecule has 2 aliphatic carbocycles. The molecule has 15 N–H and O–H groups in total. The van der Waals surface area contributed by atoms with Crippen LogP contribution in [-0.2, 0) is 75.2 Å². The lowest BCUT2D eigenvalue weighted by atomic mass is 9.66. The number of Topliss-reactive ketones (excluding diaryl/α,β-unsaturated/α-hetero) is 1. The van der Waals surface area contributed by atoms with Crippen LogP contribution in [0.3, 0.4) is 0 Å². The van der Waals surface area contributed by atoms with Crippen LogP contribution in [-0.4, -0.2) is 178 Å². The number of unbranched alkanes of at least 4 members (excludes halogenated alkanes) is 2. The van der Waals surface area contributed by atoms with Crippen LogP contribution in [0.25, 0.3) is 99.9 Å². The van der Waals surface area contributed by atoms with E-state index >= 15 is 0 Å². The summed E-state index contributed by atoms with van der Waals surface area (Å²) in [6, 6.07) is 61.5. The number of aliphatic hydroxyl groups excluding tert-OH is 2. The number of imidazole rings is 2. The van der Waals surface area contributed by atoms with Crippen LogP contribution in [0.15, 0.2) is 218 Å². The average Bonchev–Trinajstić information content (AvgIpc) is 1.61. The number of thiazole rings is 2. The molecule has 0 spiro atoms. The third-order valence-electron chi connectivity index (χ3n) is 28.9. The van der Waals surface area contributed by atoms with Gasteiger partial charge in [-0.2, -0.15) is 0 Å². The zero-order valence-electron chi connectivity index (χ0n) is 86.0. The Kier molecular flexibility index (Phi) is 34.1. The third kappa shape index (κ3) is 25.9. The highest BCUT2D eigenvalue weighted by Gasteiger charge is 2.47. The number of carbonyl (C=O) groups is 8. The molecule has 14 aromatic rings. The SMILES string of the molecule is CC1(c2ccc(-n3c(-c4cccnc4N)nc4ccc(-c5cccc(CCC(=O)O)c5)nc43)cc2)CCC1.Cc1ncsc1-c1ccc(CNC(=O)[C@@H]2C[C@@H](O)CN2C(=O)[C@@H](CC(=O)CCCCN)C(C)(C)C)cc1.Cc1ncsc1-c1ccc(CNC(=O)[C@@H]2C[C@@H](O)CN2C(=O)[C@@H](NC(=O)CCCCNC(=O)CCc2cccc(-c3ccc4nc(-c5cccnc5N)n(-c5ccc(C6(N)CCC6)cc5)c4n3)c2)C(C)(C)C)cc1. The summed E-state index contributed by atoms with van der Waals surface area (Å²) in [6.45, 7) is 19.2. The first-order chi connectivity index (χ1) is 71.5. The molecule has 2 saturated heterocycles. The van der Waals surface area contributed by atoms with Crippen molar-refractivity contribution in [3.8, 4) is 77.5 Å². The van der Waals surface area contributed by atoms with Crippen LogP contribution >= 0.6 is 22.7 Å². The van der Waals surface area contributed by atoms with Crippen molar-refractivity contribution >= 4 is 104 Å². The number of fused-ring (bicyclic) bond motifs is 2. The molecule has 33 heteroatoms. The number of aryl methyl sites for hydroxylation is 4. The Morgan fingerprint density at radius 1 is 0.490 bits per heavy atom. The Balaban J connectivity index is 0.000000176. The Hall–Kier alpha value is -14.5. The molecule has 776 valence electrons. The molecule has 0 radical (unpaired) electrons. The molecule has 10 heterocycles. The van der Waals surface area contributed by atoms with E-state index in [0.717, 1.165) is 136 Å². The van der Waals surface area contributed by atoms with E-state index in [0.29, 0.717) is 98.2 Å². The second-order valence-corrected chi connectivity index (χ2v) is 43.8. The maximum atomic E-state index is 14.1. The number of nitrogen functional groups attached to an aromatic ring is 2. The number of amides is 6. The highest BCUT2D eigenvalue weighted by atomic mass is 32.1. The highest BCUT2D eigenvalue weighted by molar-refractivity contribution is 7.13. The molecule has 2 aliphatic heterocycles. The molecule has 6 amide bonds. The number of anilines is 2. The van der Waals surface area contributed by atoms with Gasteiger partial charge in [-0.1, -0.05) is 164 Å². The predicted octanol–water partition coefficient (Wildman–Crippen LogP) is 17.2. The topological polar surface area (TPSA) is 469 Å². The first-order valence-corrected chi connectivity index (χ1v) is 53.1. The molecule has 8 aromatic heterocycles. The molecule has 149 heavy (non-hydrogen) atoms. The van der Waals surface area contributed by atoms with Crippen molar-refractivity contribution in [3.63, 3.8) is 0 Å². The van der Waals surface area contributed by atoms with Gasteiger partial charge in [0, 0.05) is 124 Å². The summed E-state index contributed by atoms with van der Waals surface area (Å²) in [5.41, 5.74) is 47.2.